The highest BCUT2D eigenvalue weighted by Gasteiger charge is 2.19. The van der Waals surface area contributed by atoms with Gasteiger partial charge in [0.15, 0.2) is 9.84 Å². The van der Waals surface area contributed by atoms with E-state index in [1.54, 1.807) is 0 Å². The summed E-state index contributed by atoms with van der Waals surface area (Å²) in [5, 5.41) is 3.29. The fourth-order valence-corrected chi connectivity index (χ4v) is 3.56. The van der Waals surface area contributed by atoms with E-state index < -0.39 is 9.84 Å². The summed E-state index contributed by atoms with van der Waals surface area (Å²) in [6.45, 7) is 5.36. The van der Waals surface area contributed by atoms with Crippen LogP contribution in [0.2, 0.25) is 0 Å². The van der Waals surface area contributed by atoms with Gasteiger partial charge in [-0.2, -0.15) is 0 Å². The van der Waals surface area contributed by atoms with Gasteiger partial charge in [-0.15, -0.1) is 0 Å². The van der Waals surface area contributed by atoms with Gasteiger partial charge in [-0.3, -0.25) is 0 Å². The fourth-order valence-electron chi connectivity index (χ4n) is 2.29. The molecule has 1 aromatic rings. The number of benzene rings is 1. The van der Waals surface area contributed by atoms with Crippen molar-refractivity contribution in [2.24, 2.45) is 0 Å². The number of rotatable bonds is 4. The Morgan fingerprint density at radius 1 is 1.16 bits per heavy atom. The number of anilines is 1. The van der Waals surface area contributed by atoms with Gasteiger partial charge in [0.1, 0.15) is 0 Å². The molecule has 0 atom stereocenters. The third kappa shape index (κ3) is 4.21. The molecular formula is C14H22N2O2S. The Kier molecular flexibility index (Phi) is 4.82. The molecule has 1 heterocycles. The molecular weight excluding hydrogens is 260 g/mol. The quantitative estimate of drug-likeness (QED) is 0.907. The highest BCUT2D eigenvalue weighted by atomic mass is 32.2. The first-order valence-corrected chi connectivity index (χ1v) is 8.68. The Hall–Kier alpha value is -1.07. The summed E-state index contributed by atoms with van der Waals surface area (Å²) >= 11 is 0. The summed E-state index contributed by atoms with van der Waals surface area (Å²) in [7, 11) is -2.83. The summed E-state index contributed by atoms with van der Waals surface area (Å²) in [5.74, 6) is 0.591. The molecule has 1 N–H and O–H groups in total. The Bertz CT molecular complexity index is 497. The largest absolute Gasteiger partial charge is 0.370 e. The fraction of sp³-hybridized carbons (Fsp3) is 0.571. The standard InChI is InChI=1S/C14H22N2O2S/c1-2-15-12-13-4-6-14(7-5-13)16-8-3-10-19(17,18)11-9-16/h4-7,15H,2-3,8-12H2,1H3. The molecule has 0 unspecified atom stereocenters. The predicted molar refractivity (Wildman–Crippen MR) is 79.3 cm³/mol. The lowest BCUT2D eigenvalue weighted by molar-refractivity contribution is 0.597. The maximum absolute atomic E-state index is 11.6. The van der Waals surface area contributed by atoms with Gasteiger partial charge in [0.05, 0.1) is 11.5 Å². The molecule has 106 valence electrons. The van der Waals surface area contributed by atoms with Crippen molar-refractivity contribution in [2.75, 3.05) is 36.0 Å². The molecule has 0 spiro atoms. The normalized spacial score (nSPS) is 19.1. The second-order valence-electron chi connectivity index (χ2n) is 4.94. The van der Waals surface area contributed by atoms with Crippen molar-refractivity contribution >= 4 is 15.5 Å². The molecule has 1 saturated heterocycles. The average molecular weight is 282 g/mol. The van der Waals surface area contributed by atoms with Crippen LogP contribution in [0.1, 0.15) is 18.9 Å². The van der Waals surface area contributed by atoms with Gasteiger partial charge in [-0.05, 0) is 30.7 Å². The molecule has 1 fully saturated rings. The Morgan fingerprint density at radius 3 is 2.58 bits per heavy atom. The van der Waals surface area contributed by atoms with Crippen LogP contribution in [-0.2, 0) is 16.4 Å². The van der Waals surface area contributed by atoms with Crippen LogP contribution < -0.4 is 10.2 Å². The van der Waals surface area contributed by atoms with Crippen molar-refractivity contribution in [3.05, 3.63) is 29.8 Å². The average Bonchev–Trinajstić information content (AvgIpc) is 2.58. The SMILES string of the molecule is CCNCc1ccc(N2CCCS(=O)(=O)CC2)cc1. The van der Waals surface area contributed by atoms with Crippen LogP contribution in [0.5, 0.6) is 0 Å². The molecule has 1 aliphatic rings. The van der Waals surface area contributed by atoms with Crippen molar-refractivity contribution in [3.63, 3.8) is 0 Å². The van der Waals surface area contributed by atoms with Gasteiger partial charge in [0.2, 0.25) is 0 Å². The monoisotopic (exact) mass is 282 g/mol. The van der Waals surface area contributed by atoms with E-state index in [4.69, 9.17) is 0 Å². The lowest BCUT2D eigenvalue weighted by atomic mass is 10.2. The molecule has 0 saturated carbocycles. The topological polar surface area (TPSA) is 49.4 Å². The van der Waals surface area contributed by atoms with Gasteiger partial charge in [0.25, 0.3) is 0 Å². The summed E-state index contributed by atoms with van der Waals surface area (Å²) in [6, 6.07) is 8.39. The van der Waals surface area contributed by atoms with Gasteiger partial charge in [-0.25, -0.2) is 8.42 Å². The van der Waals surface area contributed by atoms with E-state index in [9.17, 15) is 8.42 Å². The van der Waals surface area contributed by atoms with Crippen molar-refractivity contribution in [1.29, 1.82) is 0 Å². The molecule has 1 aromatic carbocycles. The van der Waals surface area contributed by atoms with Crippen LogP contribution >= 0.6 is 0 Å². The van der Waals surface area contributed by atoms with Crippen LogP contribution in [0.3, 0.4) is 0 Å². The minimum absolute atomic E-state index is 0.270. The minimum Gasteiger partial charge on any atom is -0.370 e. The number of nitrogens with one attached hydrogen (secondary N) is 1. The van der Waals surface area contributed by atoms with E-state index in [0.29, 0.717) is 12.3 Å². The van der Waals surface area contributed by atoms with E-state index in [-0.39, 0.29) is 5.75 Å². The van der Waals surface area contributed by atoms with Crippen molar-refractivity contribution in [2.45, 2.75) is 19.9 Å². The number of hydrogen-bond acceptors (Lipinski definition) is 4. The van der Waals surface area contributed by atoms with Crippen LogP contribution in [0.15, 0.2) is 24.3 Å². The van der Waals surface area contributed by atoms with Crippen molar-refractivity contribution in [3.8, 4) is 0 Å². The smallest absolute Gasteiger partial charge is 0.152 e. The zero-order chi connectivity index (χ0) is 13.7. The van der Waals surface area contributed by atoms with Gasteiger partial charge < -0.3 is 10.2 Å². The number of sulfone groups is 1. The van der Waals surface area contributed by atoms with E-state index in [1.165, 1.54) is 5.56 Å². The van der Waals surface area contributed by atoms with Crippen molar-refractivity contribution < 1.29 is 8.42 Å². The summed E-state index contributed by atoms with van der Waals surface area (Å²) in [5.41, 5.74) is 2.38. The molecule has 0 amide bonds. The van der Waals surface area contributed by atoms with E-state index in [0.717, 1.165) is 31.7 Å². The summed E-state index contributed by atoms with van der Waals surface area (Å²) in [6.07, 6.45) is 0.724. The molecule has 1 aliphatic heterocycles. The van der Waals surface area contributed by atoms with E-state index in [2.05, 4.69) is 41.4 Å². The first-order chi connectivity index (χ1) is 9.11. The van der Waals surface area contributed by atoms with Crippen LogP contribution in [0.4, 0.5) is 5.69 Å². The first kappa shape index (κ1) is 14.3. The van der Waals surface area contributed by atoms with Crippen LogP contribution in [0.25, 0.3) is 0 Å². The Morgan fingerprint density at radius 2 is 1.89 bits per heavy atom. The molecule has 0 aliphatic carbocycles. The zero-order valence-electron chi connectivity index (χ0n) is 11.4. The lowest BCUT2D eigenvalue weighted by Crippen LogP contribution is -2.26. The third-order valence-electron chi connectivity index (χ3n) is 3.44. The van der Waals surface area contributed by atoms with Gasteiger partial charge in [0, 0.05) is 25.3 Å². The summed E-state index contributed by atoms with van der Waals surface area (Å²) in [4.78, 5) is 2.17. The first-order valence-electron chi connectivity index (χ1n) is 6.86. The van der Waals surface area contributed by atoms with Crippen LogP contribution in [0, 0.1) is 0 Å². The van der Waals surface area contributed by atoms with E-state index in [1.807, 2.05) is 0 Å². The van der Waals surface area contributed by atoms with Gasteiger partial charge in [-0.1, -0.05) is 19.1 Å². The second-order valence-corrected chi connectivity index (χ2v) is 7.24. The maximum atomic E-state index is 11.6. The zero-order valence-corrected chi connectivity index (χ0v) is 12.2. The van der Waals surface area contributed by atoms with Gasteiger partial charge >= 0.3 is 0 Å². The second kappa shape index (κ2) is 6.39. The number of hydrogen-bond donors (Lipinski definition) is 1. The molecule has 0 bridgehead atoms. The highest BCUT2D eigenvalue weighted by molar-refractivity contribution is 7.91. The van der Waals surface area contributed by atoms with Crippen molar-refractivity contribution in [1.82, 2.24) is 5.32 Å². The minimum atomic E-state index is -2.83. The molecule has 0 aromatic heterocycles. The van der Waals surface area contributed by atoms with Crippen LogP contribution in [-0.4, -0.2) is 39.6 Å². The Labute approximate surface area is 115 Å². The lowest BCUT2D eigenvalue weighted by Gasteiger charge is -2.22. The predicted octanol–water partition coefficient (Wildman–Crippen LogP) is 1.42. The molecule has 4 nitrogen and oxygen atoms in total. The molecule has 5 heteroatoms. The number of nitrogens with zero attached hydrogens (tertiary/aromatic N) is 1. The maximum Gasteiger partial charge on any atom is 0.152 e. The highest BCUT2D eigenvalue weighted by Crippen LogP contribution is 2.18. The summed E-state index contributed by atoms with van der Waals surface area (Å²) < 4.78 is 23.2. The molecule has 0 radical (unpaired) electrons. The Balaban J connectivity index is 2.01. The molecule has 2 rings (SSSR count). The van der Waals surface area contributed by atoms with E-state index >= 15 is 0 Å². The molecule has 19 heavy (non-hydrogen) atoms. The third-order valence-corrected chi connectivity index (χ3v) is 5.15.